The zero-order chi connectivity index (χ0) is 17.3. The van der Waals surface area contributed by atoms with E-state index in [1.807, 2.05) is 30.6 Å². The zero-order valence-corrected chi connectivity index (χ0v) is 14.3. The van der Waals surface area contributed by atoms with E-state index in [1.54, 1.807) is 18.3 Å². The van der Waals surface area contributed by atoms with Gasteiger partial charge in [0.1, 0.15) is 5.82 Å². The number of oxazole rings is 1. The van der Waals surface area contributed by atoms with Crippen LogP contribution in [-0.4, -0.2) is 42.0 Å². The summed E-state index contributed by atoms with van der Waals surface area (Å²) in [5, 5.41) is 0. The molecule has 1 fully saturated rings. The van der Waals surface area contributed by atoms with E-state index < -0.39 is 0 Å². The standard InChI is InChI=1S/C18H22FN3O2/c1-18(2,3)16(23)21-7-9-22(10-8-21)17-20-12-15(24-17)13-5-4-6-14(19)11-13/h4-6,11-12H,7-10H2,1-3H3. The van der Waals surface area contributed by atoms with Gasteiger partial charge in [-0.3, -0.25) is 4.79 Å². The van der Waals surface area contributed by atoms with Gasteiger partial charge in [-0.25, -0.2) is 9.37 Å². The second-order valence-electron chi connectivity index (χ2n) is 7.05. The first-order chi connectivity index (χ1) is 11.3. The second kappa shape index (κ2) is 6.26. The van der Waals surface area contributed by atoms with Crippen LogP contribution in [0.4, 0.5) is 10.4 Å². The van der Waals surface area contributed by atoms with Crippen molar-refractivity contribution in [2.24, 2.45) is 5.41 Å². The highest BCUT2D eigenvalue weighted by Gasteiger charge is 2.30. The van der Waals surface area contributed by atoms with Crippen LogP contribution in [0.15, 0.2) is 34.9 Å². The van der Waals surface area contributed by atoms with Crippen molar-refractivity contribution in [2.75, 3.05) is 31.1 Å². The van der Waals surface area contributed by atoms with Crippen LogP contribution in [0.5, 0.6) is 0 Å². The molecular weight excluding hydrogens is 309 g/mol. The van der Waals surface area contributed by atoms with E-state index in [2.05, 4.69) is 4.98 Å². The molecular formula is C18H22FN3O2. The Balaban J connectivity index is 1.67. The fraction of sp³-hybridized carbons (Fsp3) is 0.444. The fourth-order valence-corrected chi connectivity index (χ4v) is 2.76. The summed E-state index contributed by atoms with van der Waals surface area (Å²) in [6, 6.07) is 6.75. The summed E-state index contributed by atoms with van der Waals surface area (Å²) < 4.78 is 19.1. The van der Waals surface area contributed by atoms with E-state index in [-0.39, 0.29) is 17.1 Å². The maximum absolute atomic E-state index is 13.3. The Hall–Kier alpha value is -2.37. The number of carbonyl (C=O) groups is 1. The lowest BCUT2D eigenvalue weighted by Crippen LogP contribution is -2.51. The van der Waals surface area contributed by atoms with Gasteiger partial charge >= 0.3 is 0 Å². The summed E-state index contributed by atoms with van der Waals surface area (Å²) in [7, 11) is 0. The highest BCUT2D eigenvalue weighted by molar-refractivity contribution is 5.81. The molecule has 1 aromatic carbocycles. The van der Waals surface area contributed by atoms with Crippen LogP contribution in [0.3, 0.4) is 0 Å². The first-order valence-corrected chi connectivity index (χ1v) is 8.11. The summed E-state index contributed by atoms with van der Waals surface area (Å²) in [4.78, 5) is 20.5. The maximum atomic E-state index is 13.3. The highest BCUT2D eigenvalue weighted by atomic mass is 19.1. The minimum atomic E-state index is -0.365. The molecule has 5 nitrogen and oxygen atoms in total. The molecule has 1 saturated heterocycles. The van der Waals surface area contributed by atoms with Crippen LogP contribution in [0.2, 0.25) is 0 Å². The van der Waals surface area contributed by atoms with Gasteiger partial charge in [0.25, 0.3) is 6.01 Å². The van der Waals surface area contributed by atoms with E-state index in [1.165, 1.54) is 12.1 Å². The van der Waals surface area contributed by atoms with Gasteiger partial charge in [-0.1, -0.05) is 32.9 Å². The molecule has 1 amide bonds. The summed E-state index contributed by atoms with van der Waals surface area (Å²) >= 11 is 0. The maximum Gasteiger partial charge on any atom is 0.297 e. The molecule has 1 aliphatic rings. The summed E-state index contributed by atoms with van der Waals surface area (Å²) in [5.41, 5.74) is 0.297. The largest absolute Gasteiger partial charge is 0.423 e. The average Bonchev–Trinajstić information content (AvgIpc) is 3.03. The van der Waals surface area contributed by atoms with Gasteiger partial charge < -0.3 is 14.2 Å². The molecule has 2 aromatic rings. The van der Waals surface area contributed by atoms with Crippen LogP contribution in [0.1, 0.15) is 20.8 Å². The zero-order valence-electron chi connectivity index (χ0n) is 14.3. The SMILES string of the molecule is CC(C)(C)C(=O)N1CCN(c2ncc(-c3cccc(F)c3)o2)CC1. The van der Waals surface area contributed by atoms with E-state index in [4.69, 9.17) is 4.42 Å². The van der Waals surface area contributed by atoms with E-state index in [0.717, 1.165) is 0 Å². The van der Waals surface area contributed by atoms with Gasteiger partial charge in [0, 0.05) is 37.2 Å². The topological polar surface area (TPSA) is 49.6 Å². The molecule has 0 aliphatic carbocycles. The minimum Gasteiger partial charge on any atom is -0.423 e. The quantitative estimate of drug-likeness (QED) is 0.848. The lowest BCUT2D eigenvalue weighted by Gasteiger charge is -2.37. The summed E-state index contributed by atoms with van der Waals surface area (Å²) in [5.74, 6) is 0.396. The number of hydrogen-bond acceptors (Lipinski definition) is 4. The van der Waals surface area contributed by atoms with E-state index in [0.29, 0.717) is 43.5 Å². The first-order valence-electron chi connectivity index (χ1n) is 8.11. The molecule has 0 unspecified atom stereocenters. The average molecular weight is 331 g/mol. The van der Waals surface area contributed by atoms with Crippen LogP contribution in [-0.2, 0) is 4.79 Å². The molecule has 1 aliphatic heterocycles. The third-order valence-corrected chi connectivity index (χ3v) is 4.08. The van der Waals surface area contributed by atoms with Gasteiger partial charge in [0.15, 0.2) is 5.76 Å². The number of hydrogen-bond donors (Lipinski definition) is 0. The van der Waals surface area contributed by atoms with Crippen LogP contribution in [0.25, 0.3) is 11.3 Å². The van der Waals surface area contributed by atoms with Crippen molar-refractivity contribution in [1.82, 2.24) is 9.88 Å². The normalized spacial score (nSPS) is 15.7. The Morgan fingerprint density at radius 3 is 2.54 bits per heavy atom. The molecule has 0 radical (unpaired) electrons. The molecule has 128 valence electrons. The van der Waals surface area contributed by atoms with Gasteiger partial charge in [-0.2, -0.15) is 0 Å². The third kappa shape index (κ3) is 3.42. The van der Waals surface area contributed by atoms with Crippen LogP contribution >= 0.6 is 0 Å². The Labute approximate surface area is 141 Å². The molecule has 3 rings (SSSR count). The van der Waals surface area contributed by atoms with Crippen molar-refractivity contribution in [1.29, 1.82) is 0 Å². The fourth-order valence-electron chi connectivity index (χ4n) is 2.76. The minimum absolute atomic E-state index is 0.162. The number of piperazine rings is 1. The number of rotatable bonds is 2. The molecule has 2 heterocycles. The Morgan fingerprint density at radius 2 is 1.92 bits per heavy atom. The van der Waals surface area contributed by atoms with Gasteiger partial charge in [0.2, 0.25) is 5.91 Å². The number of amides is 1. The number of aromatic nitrogens is 1. The van der Waals surface area contributed by atoms with Crippen LogP contribution in [0, 0.1) is 11.2 Å². The highest BCUT2D eigenvalue weighted by Crippen LogP contribution is 2.26. The van der Waals surface area contributed by atoms with Gasteiger partial charge in [0.05, 0.1) is 6.20 Å². The molecule has 0 spiro atoms. The Bertz CT molecular complexity index is 728. The summed E-state index contributed by atoms with van der Waals surface area (Å²) in [6.07, 6.45) is 1.61. The van der Waals surface area contributed by atoms with Gasteiger partial charge in [-0.15, -0.1) is 0 Å². The van der Waals surface area contributed by atoms with E-state index in [9.17, 15) is 9.18 Å². The Kier molecular flexibility index (Phi) is 4.30. The molecule has 1 aromatic heterocycles. The lowest BCUT2D eigenvalue weighted by atomic mass is 9.94. The monoisotopic (exact) mass is 331 g/mol. The molecule has 0 bridgehead atoms. The lowest BCUT2D eigenvalue weighted by molar-refractivity contribution is -0.139. The van der Waals surface area contributed by atoms with Crippen molar-refractivity contribution >= 4 is 11.9 Å². The molecule has 0 atom stereocenters. The third-order valence-electron chi connectivity index (χ3n) is 4.08. The summed E-state index contributed by atoms with van der Waals surface area (Å²) in [6.45, 7) is 8.43. The van der Waals surface area contributed by atoms with Crippen molar-refractivity contribution in [3.63, 3.8) is 0 Å². The second-order valence-corrected chi connectivity index (χ2v) is 7.05. The van der Waals surface area contributed by atoms with Crippen LogP contribution < -0.4 is 4.90 Å². The first kappa shape index (κ1) is 16.5. The molecule has 0 saturated carbocycles. The molecule has 0 N–H and O–H groups in total. The molecule has 6 heteroatoms. The number of carbonyl (C=O) groups excluding carboxylic acids is 1. The number of anilines is 1. The molecule has 24 heavy (non-hydrogen) atoms. The van der Waals surface area contributed by atoms with E-state index >= 15 is 0 Å². The Morgan fingerprint density at radius 1 is 1.21 bits per heavy atom. The van der Waals surface area contributed by atoms with Crippen molar-refractivity contribution in [3.8, 4) is 11.3 Å². The smallest absolute Gasteiger partial charge is 0.297 e. The van der Waals surface area contributed by atoms with Crippen molar-refractivity contribution in [2.45, 2.75) is 20.8 Å². The van der Waals surface area contributed by atoms with Crippen molar-refractivity contribution < 1.29 is 13.6 Å². The predicted molar refractivity (Wildman–Crippen MR) is 90.1 cm³/mol. The van der Waals surface area contributed by atoms with Gasteiger partial charge in [-0.05, 0) is 12.1 Å². The predicted octanol–water partition coefficient (Wildman–Crippen LogP) is 3.18. The number of nitrogens with zero attached hydrogens (tertiary/aromatic N) is 3. The number of halogens is 1. The number of benzene rings is 1. The van der Waals surface area contributed by atoms with Crippen molar-refractivity contribution in [3.05, 3.63) is 36.3 Å².